The highest BCUT2D eigenvalue weighted by Crippen LogP contribution is 2.26. The molecule has 0 unspecified atom stereocenters. The lowest BCUT2D eigenvalue weighted by molar-refractivity contribution is 0.734. The molecule has 0 bridgehead atoms. The van der Waals surface area contributed by atoms with E-state index in [0.717, 1.165) is 0 Å². The highest BCUT2D eigenvalue weighted by atomic mass is 14.2. The Balaban J connectivity index is 3.13. The molecule has 0 heteroatoms. The molecule has 0 atom stereocenters. The SMILES string of the molecule is CCCCc1cc(CCCC)c([CH]C(C)C)c(CCCC)c1. The fourth-order valence-electron chi connectivity index (χ4n) is 3.07. The van der Waals surface area contributed by atoms with Gasteiger partial charge in [0, 0.05) is 0 Å². The van der Waals surface area contributed by atoms with Gasteiger partial charge in [0.2, 0.25) is 0 Å². The van der Waals surface area contributed by atoms with E-state index in [1.54, 1.807) is 22.3 Å². The predicted molar refractivity (Wildman–Crippen MR) is 101 cm³/mol. The van der Waals surface area contributed by atoms with Gasteiger partial charge in [-0.25, -0.2) is 0 Å². The highest BCUT2D eigenvalue weighted by molar-refractivity contribution is 5.44. The zero-order chi connectivity index (χ0) is 16.4. The Hall–Kier alpha value is -0.780. The summed E-state index contributed by atoms with van der Waals surface area (Å²) in [6.07, 6.45) is 14.0. The Morgan fingerprint density at radius 1 is 0.773 bits per heavy atom. The smallest absolute Gasteiger partial charge is 0.00619 e. The van der Waals surface area contributed by atoms with Crippen LogP contribution in [0.4, 0.5) is 0 Å². The summed E-state index contributed by atoms with van der Waals surface area (Å²) in [5.74, 6) is 0.627. The summed E-state index contributed by atoms with van der Waals surface area (Å²) < 4.78 is 0. The molecule has 0 nitrogen and oxygen atoms in total. The molecule has 1 radical (unpaired) electrons. The molecule has 0 aliphatic heterocycles. The van der Waals surface area contributed by atoms with Gasteiger partial charge in [-0.05, 0) is 73.1 Å². The second kappa shape index (κ2) is 10.9. The zero-order valence-corrected chi connectivity index (χ0v) is 15.7. The third-order valence-electron chi connectivity index (χ3n) is 4.33. The van der Waals surface area contributed by atoms with Gasteiger partial charge < -0.3 is 0 Å². The first-order valence-electron chi connectivity index (χ1n) is 9.61. The minimum absolute atomic E-state index is 0.627. The third kappa shape index (κ3) is 6.55. The van der Waals surface area contributed by atoms with Crippen LogP contribution >= 0.6 is 0 Å². The Bertz CT molecular complexity index is 385. The molecule has 0 amide bonds. The van der Waals surface area contributed by atoms with Gasteiger partial charge in [-0.2, -0.15) is 0 Å². The lowest BCUT2D eigenvalue weighted by Gasteiger charge is -2.19. The lowest BCUT2D eigenvalue weighted by Crippen LogP contribution is -2.05. The molecule has 0 aliphatic carbocycles. The molecule has 125 valence electrons. The summed E-state index contributed by atoms with van der Waals surface area (Å²) in [4.78, 5) is 0. The fourth-order valence-corrected chi connectivity index (χ4v) is 3.07. The van der Waals surface area contributed by atoms with Gasteiger partial charge in [0.1, 0.15) is 0 Å². The third-order valence-corrected chi connectivity index (χ3v) is 4.33. The average molecular weight is 302 g/mol. The second-order valence-corrected chi connectivity index (χ2v) is 7.05. The van der Waals surface area contributed by atoms with E-state index < -0.39 is 0 Å². The van der Waals surface area contributed by atoms with Crippen molar-refractivity contribution in [2.75, 3.05) is 0 Å². The molecule has 1 rings (SSSR count). The molecule has 0 saturated carbocycles. The number of rotatable bonds is 11. The van der Waals surface area contributed by atoms with Gasteiger partial charge in [-0.15, -0.1) is 0 Å². The van der Waals surface area contributed by atoms with Crippen LogP contribution in [0.2, 0.25) is 0 Å². The molecule has 0 saturated heterocycles. The minimum Gasteiger partial charge on any atom is -0.0654 e. The Labute approximate surface area is 139 Å². The van der Waals surface area contributed by atoms with Crippen LogP contribution in [0.1, 0.15) is 95.4 Å². The molecule has 1 aromatic carbocycles. The molecular formula is C22H37. The maximum Gasteiger partial charge on any atom is -0.00619 e. The molecular weight excluding hydrogens is 264 g/mol. The van der Waals surface area contributed by atoms with Crippen molar-refractivity contribution in [3.63, 3.8) is 0 Å². The fraction of sp³-hybridized carbons (Fsp3) is 0.682. The van der Waals surface area contributed by atoms with Crippen molar-refractivity contribution in [3.05, 3.63) is 40.8 Å². The largest absolute Gasteiger partial charge is 0.0654 e. The average Bonchev–Trinajstić information content (AvgIpc) is 2.50. The summed E-state index contributed by atoms with van der Waals surface area (Å²) in [5, 5.41) is 0. The van der Waals surface area contributed by atoms with Gasteiger partial charge >= 0.3 is 0 Å². The van der Waals surface area contributed by atoms with Gasteiger partial charge in [0.25, 0.3) is 0 Å². The van der Waals surface area contributed by atoms with Crippen LogP contribution in [-0.4, -0.2) is 0 Å². The van der Waals surface area contributed by atoms with Crippen LogP contribution in [0.3, 0.4) is 0 Å². The van der Waals surface area contributed by atoms with Gasteiger partial charge in [0.15, 0.2) is 0 Å². The molecule has 0 spiro atoms. The standard InChI is InChI=1S/C22H37/c1-6-9-12-19-16-20(13-10-7-2)22(15-18(4)5)21(17-19)14-11-8-3/h15-18H,6-14H2,1-5H3. The van der Waals surface area contributed by atoms with E-state index >= 15 is 0 Å². The Kier molecular flexibility index (Phi) is 9.52. The number of hydrogen-bond donors (Lipinski definition) is 0. The molecule has 0 N–H and O–H groups in total. The number of hydrogen-bond acceptors (Lipinski definition) is 0. The monoisotopic (exact) mass is 301 g/mol. The van der Waals surface area contributed by atoms with Crippen molar-refractivity contribution in [1.29, 1.82) is 0 Å². The maximum atomic E-state index is 2.51. The van der Waals surface area contributed by atoms with Crippen LogP contribution in [0.5, 0.6) is 0 Å². The van der Waals surface area contributed by atoms with Crippen LogP contribution in [0, 0.1) is 12.3 Å². The van der Waals surface area contributed by atoms with Crippen molar-refractivity contribution >= 4 is 0 Å². The van der Waals surface area contributed by atoms with Crippen LogP contribution in [-0.2, 0) is 19.3 Å². The first-order valence-corrected chi connectivity index (χ1v) is 9.61. The summed E-state index contributed by atoms with van der Waals surface area (Å²) in [5.41, 5.74) is 6.35. The molecule has 0 aliphatic rings. The molecule has 0 aromatic heterocycles. The van der Waals surface area contributed by atoms with Crippen LogP contribution in [0.25, 0.3) is 0 Å². The normalized spacial score (nSPS) is 11.4. The van der Waals surface area contributed by atoms with E-state index in [4.69, 9.17) is 0 Å². The first-order chi connectivity index (χ1) is 10.6. The predicted octanol–water partition coefficient (Wildman–Crippen LogP) is 6.92. The highest BCUT2D eigenvalue weighted by Gasteiger charge is 2.12. The quantitative estimate of drug-likeness (QED) is 0.416. The molecule has 22 heavy (non-hydrogen) atoms. The van der Waals surface area contributed by atoms with E-state index in [1.165, 1.54) is 57.8 Å². The summed E-state index contributed by atoms with van der Waals surface area (Å²) >= 11 is 0. The number of aryl methyl sites for hydroxylation is 3. The van der Waals surface area contributed by atoms with E-state index in [-0.39, 0.29) is 0 Å². The van der Waals surface area contributed by atoms with Gasteiger partial charge in [-0.3, -0.25) is 0 Å². The Morgan fingerprint density at radius 3 is 1.64 bits per heavy atom. The van der Waals surface area contributed by atoms with E-state index in [0.29, 0.717) is 5.92 Å². The molecule has 1 aromatic rings. The van der Waals surface area contributed by atoms with E-state index in [9.17, 15) is 0 Å². The Morgan fingerprint density at radius 2 is 1.23 bits per heavy atom. The summed E-state index contributed by atoms with van der Waals surface area (Å²) in [7, 11) is 0. The van der Waals surface area contributed by atoms with Gasteiger partial charge in [-0.1, -0.05) is 66.0 Å². The van der Waals surface area contributed by atoms with Crippen molar-refractivity contribution < 1.29 is 0 Å². The van der Waals surface area contributed by atoms with Crippen molar-refractivity contribution in [2.24, 2.45) is 5.92 Å². The number of unbranched alkanes of at least 4 members (excludes halogenated alkanes) is 3. The zero-order valence-electron chi connectivity index (χ0n) is 15.7. The molecule has 0 heterocycles. The first kappa shape index (κ1) is 19.3. The van der Waals surface area contributed by atoms with Crippen molar-refractivity contribution in [1.82, 2.24) is 0 Å². The minimum atomic E-state index is 0.627. The van der Waals surface area contributed by atoms with Crippen molar-refractivity contribution in [2.45, 2.75) is 92.4 Å². The van der Waals surface area contributed by atoms with Crippen LogP contribution < -0.4 is 0 Å². The van der Waals surface area contributed by atoms with E-state index in [2.05, 4.69) is 53.2 Å². The topological polar surface area (TPSA) is 0 Å². The van der Waals surface area contributed by atoms with Gasteiger partial charge in [0.05, 0.1) is 0 Å². The van der Waals surface area contributed by atoms with Crippen LogP contribution in [0.15, 0.2) is 12.1 Å². The molecule has 0 fully saturated rings. The number of benzene rings is 1. The lowest BCUT2D eigenvalue weighted by atomic mass is 9.86. The van der Waals surface area contributed by atoms with E-state index in [1.807, 2.05) is 0 Å². The maximum absolute atomic E-state index is 2.51. The summed E-state index contributed by atoms with van der Waals surface area (Å²) in [6.45, 7) is 11.5. The second-order valence-electron chi connectivity index (χ2n) is 7.05. The summed E-state index contributed by atoms with van der Waals surface area (Å²) in [6, 6.07) is 5.02. The van der Waals surface area contributed by atoms with Crippen molar-refractivity contribution in [3.8, 4) is 0 Å².